The number of benzene rings is 1. The summed E-state index contributed by atoms with van der Waals surface area (Å²) in [6.45, 7) is 2.14. The van der Waals surface area contributed by atoms with Gasteiger partial charge in [-0.15, -0.1) is 0 Å². The molecular formula is C17H16ClN3. The lowest BCUT2D eigenvalue weighted by atomic mass is 10.1. The lowest BCUT2D eigenvalue weighted by Gasteiger charge is -2.15. The first kappa shape index (κ1) is 13.8. The Morgan fingerprint density at radius 2 is 1.90 bits per heavy atom. The largest absolute Gasteiger partial charge is 0.367 e. The number of hydrogen-bond acceptors (Lipinski definition) is 3. The van der Waals surface area contributed by atoms with Crippen LogP contribution in [0.3, 0.4) is 0 Å². The fourth-order valence-electron chi connectivity index (χ4n) is 2.37. The summed E-state index contributed by atoms with van der Waals surface area (Å²) < 4.78 is 0. The van der Waals surface area contributed by atoms with Crippen LogP contribution in [0.15, 0.2) is 54.9 Å². The highest BCUT2D eigenvalue weighted by Gasteiger charge is 2.06. The van der Waals surface area contributed by atoms with Gasteiger partial charge < -0.3 is 5.32 Å². The predicted octanol–water partition coefficient (Wildman–Crippen LogP) is 4.33. The van der Waals surface area contributed by atoms with Gasteiger partial charge in [0.1, 0.15) is 5.82 Å². The molecule has 1 atom stereocenters. The topological polar surface area (TPSA) is 37.8 Å². The van der Waals surface area contributed by atoms with Crippen molar-refractivity contribution in [1.29, 1.82) is 0 Å². The van der Waals surface area contributed by atoms with Gasteiger partial charge in [-0.25, -0.2) is 4.98 Å². The fraction of sp³-hybridized carbons (Fsp3) is 0.176. The molecule has 0 aliphatic heterocycles. The molecule has 2 aromatic heterocycles. The minimum absolute atomic E-state index is 0.278. The average molecular weight is 298 g/mol. The summed E-state index contributed by atoms with van der Waals surface area (Å²) in [5.74, 6) is 0.845. The van der Waals surface area contributed by atoms with Crippen molar-refractivity contribution < 1.29 is 0 Å². The maximum absolute atomic E-state index is 6.20. The van der Waals surface area contributed by atoms with Gasteiger partial charge in [-0.2, -0.15) is 0 Å². The molecule has 3 nitrogen and oxygen atoms in total. The molecule has 0 fully saturated rings. The smallest absolute Gasteiger partial charge is 0.126 e. The SMILES string of the molecule is CC(Cc1ccncc1)Nc1ccc2cccc(Cl)c2n1. The molecule has 1 unspecified atom stereocenters. The highest BCUT2D eigenvalue weighted by molar-refractivity contribution is 6.35. The van der Waals surface area contributed by atoms with Crippen molar-refractivity contribution in [3.8, 4) is 0 Å². The monoisotopic (exact) mass is 297 g/mol. The van der Waals surface area contributed by atoms with Crippen molar-refractivity contribution in [2.45, 2.75) is 19.4 Å². The maximum atomic E-state index is 6.20. The highest BCUT2D eigenvalue weighted by atomic mass is 35.5. The van der Waals surface area contributed by atoms with Crippen LogP contribution in [0.1, 0.15) is 12.5 Å². The van der Waals surface area contributed by atoms with Crippen LogP contribution in [0.25, 0.3) is 10.9 Å². The van der Waals surface area contributed by atoms with Crippen molar-refractivity contribution in [2.24, 2.45) is 0 Å². The molecule has 3 rings (SSSR count). The minimum Gasteiger partial charge on any atom is -0.367 e. The fourth-order valence-corrected chi connectivity index (χ4v) is 2.59. The molecule has 0 saturated heterocycles. The van der Waals surface area contributed by atoms with E-state index >= 15 is 0 Å². The van der Waals surface area contributed by atoms with Gasteiger partial charge >= 0.3 is 0 Å². The molecule has 0 aliphatic rings. The molecule has 0 radical (unpaired) electrons. The van der Waals surface area contributed by atoms with Crippen molar-refractivity contribution in [1.82, 2.24) is 9.97 Å². The van der Waals surface area contributed by atoms with Crippen molar-refractivity contribution in [3.05, 3.63) is 65.4 Å². The van der Waals surface area contributed by atoms with Crippen molar-refractivity contribution in [2.75, 3.05) is 5.32 Å². The van der Waals surface area contributed by atoms with E-state index in [1.165, 1.54) is 5.56 Å². The standard InChI is InChI=1S/C17H16ClN3/c1-12(11-13-7-9-19-10-8-13)20-16-6-5-14-3-2-4-15(18)17(14)21-16/h2-10,12H,11H2,1H3,(H,20,21). The van der Waals surface area contributed by atoms with Crippen LogP contribution in [0.4, 0.5) is 5.82 Å². The molecule has 0 amide bonds. The first-order valence-corrected chi connectivity index (χ1v) is 7.31. The maximum Gasteiger partial charge on any atom is 0.126 e. The molecule has 1 aromatic carbocycles. The molecule has 0 bridgehead atoms. The third-order valence-electron chi connectivity index (χ3n) is 3.36. The third kappa shape index (κ3) is 3.31. The summed E-state index contributed by atoms with van der Waals surface area (Å²) in [6, 6.07) is 14.2. The second-order valence-electron chi connectivity index (χ2n) is 5.11. The number of para-hydroxylation sites is 1. The minimum atomic E-state index is 0.278. The van der Waals surface area contributed by atoms with Crippen LogP contribution >= 0.6 is 11.6 Å². The predicted molar refractivity (Wildman–Crippen MR) is 87.8 cm³/mol. The zero-order valence-corrected chi connectivity index (χ0v) is 12.5. The Balaban J connectivity index is 1.77. The Morgan fingerprint density at radius 1 is 1.10 bits per heavy atom. The highest BCUT2D eigenvalue weighted by Crippen LogP contribution is 2.23. The van der Waals surface area contributed by atoms with Crippen LogP contribution in [-0.2, 0) is 6.42 Å². The van der Waals surface area contributed by atoms with Gasteiger partial charge in [0, 0.05) is 23.8 Å². The van der Waals surface area contributed by atoms with Crippen LogP contribution in [0.2, 0.25) is 5.02 Å². The molecule has 4 heteroatoms. The molecule has 2 heterocycles. The van der Waals surface area contributed by atoms with E-state index in [1.807, 2.05) is 54.9 Å². The van der Waals surface area contributed by atoms with Gasteiger partial charge in [0.15, 0.2) is 0 Å². The molecule has 0 saturated carbocycles. The van der Waals surface area contributed by atoms with Gasteiger partial charge in [-0.05, 0) is 49.2 Å². The van der Waals surface area contributed by atoms with E-state index in [9.17, 15) is 0 Å². The number of halogens is 1. The number of aromatic nitrogens is 2. The lowest BCUT2D eigenvalue weighted by Crippen LogP contribution is -2.18. The number of nitrogens with zero attached hydrogens (tertiary/aromatic N) is 2. The molecule has 3 aromatic rings. The van der Waals surface area contributed by atoms with E-state index < -0.39 is 0 Å². The van der Waals surface area contributed by atoms with E-state index in [1.54, 1.807) is 0 Å². The third-order valence-corrected chi connectivity index (χ3v) is 3.66. The van der Waals surface area contributed by atoms with Crippen molar-refractivity contribution in [3.63, 3.8) is 0 Å². The number of fused-ring (bicyclic) bond motifs is 1. The Morgan fingerprint density at radius 3 is 2.71 bits per heavy atom. The van der Waals surface area contributed by atoms with E-state index in [0.717, 1.165) is 23.1 Å². The number of anilines is 1. The first-order valence-electron chi connectivity index (χ1n) is 6.93. The van der Waals surface area contributed by atoms with E-state index in [0.29, 0.717) is 5.02 Å². The number of rotatable bonds is 4. The first-order chi connectivity index (χ1) is 10.2. The van der Waals surface area contributed by atoms with Gasteiger partial charge in [-0.3, -0.25) is 4.98 Å². The molecule has 21 heavy (non-hydrogen) atoms. The van der Waals surface area contributed by atoms with Crippen LogP contribution < -0.4 is 5.32 Å². The molecular weight excluding hydrogens is 282 g/mol. The van der Waals surface area contributed by atoms with Crippen LogP contribution in [0.5, 0.6) is 0 Å². The van der Waals surface area contributed by atoms with Crippen molar-refractivity contribution >= 4 is 28.3 Å². The normalized spacial score (nSPS) is 12.3. The molecule has 0 spiro atoms. The Kier molecular flexibility index (Phi) is 4.02. The summed E-state index contributed by atoms with van der Waals surface area (Å²) in [6.07, 6.45) is 4.55. The van der Waals surface area contributed by atoms with E-state index in [2.05, 4.69) is 22.2 Å². The number of nitrogens with one attached hydrogen (secondary N) is 1. The Bertz CT molecular complexity index is 743. The molecule has 1 N–H and O–H groups in total. The summed E-state index contributed by atoms with van der Waals surface area (Å²) in [5.41, 5.74) is 2.09. The zero-order valence-electron chi connectivity index (χ0n) is 11.8. The summed E-state index contributed by atoms with van der Waals surface area (Å²) in [4.78, 5) is 8.63. The summed E-state index contributed by atoms with van der Waals surface area (Å²) in [7, 11) is 0. The average Bonchev–Trinajstić information content (AvgIpc) is 2.49. The number of pyridine rings is 2. The van der Waals surface area contributed by atoms with E-state index in [4.69, 9.17) is 11.6 Å². The Labute approximate surface area is 129 Å². The van der Waals surface area contributed by atoms with Crippen LogP contribution in [0, 0.1) is 0 Å². The Hall–Kier alpha value is -2.13. The number of hydrogen-bond donors (Lipinski definition) is 1. The molecule has 106 valence electrons. The van der Waals surface area contributed by atoms with Crippen LogP contribution in [-0.4, -0.2) is 16.0 Å². The zero-order chi connectivity index (χ0) is 14.7. The van der Waals surface area contributed by atoms with E-state index in [-0.39, 0.29) is 6.04 Å². The van der Waals surface area contributed by atoms with Gasteiger partial charge in [-0.1, -0.05) is 23.7 Å². The second-order valence-corrected chi connectivity index (χ2v) is 5.52. The van der Waals surface area contributed by atoms with Gasteiger partial charge in [0.05, 0.1) is 10.5 Å². The second kappa shape index (κ2) is 6.10. The summed E-state index contributed by atoms with van der Waals surface area (Å²) in [5, 5.41) is 5.15. The lowest BCUT2D eigenvalue weighted by molar-refractivity contribution is 0.784. The quantitative estimate of drug-likeness (QED) is 0.779. The van der Waals surface area contributed by atoms with Gasteiger partial charge in [0.2, 0.25) is 0 Å². The van der Waals surface area contributed by atoms with Gasteiger partial charge in [0.25, 0.3) is 0 Å². The molecule has 0 aliphatic carbocycles. The summed E-state index contributed by atoms with van der Waals surface area (Å²) >= 11 is 6.20.